The number of primary amides is 1. The number of amides is 1. The van der Waals surface area contributed by atoms with Crippen LogP contribution in [0.4, 0.5) is 0 Å². The Balaban J connectivity index is 1.90. The lowest BCUT2D eigenvalue weighted by molar-refractivity contribution is -0.123. The summed E-state index contributed by atoms with van der Waals surface area (Å²) in [6.07, 6.45) is 3.15. The molecule has 8 nitrogen and oxygen atoms in total. The quantitative estimate of drug-likeness (QED) is 0.781. The van der Waals surface area contributed by atoms with Gasteiger partial charge in [-0.15, -0.1) is 0 Å². The van der Waals surface area contributed by atoms with E-state index in [1.807, 2.05) is 0 Å². The molecule has 0 aliphatic carbocycles. The second-order valence-corrected chi connectivity index (χ2v) is 10.3. The smallest absolute Gasteiger partial charge is 0.244 e. The van der Waals surface area contributed by atoms with Gasteiger partial charge < -0.3 is 10.5 Å². The van der Waals surface area contributed by atoms with Gasteiger partial charge in [-0.2, -0.15) is 4.31 Å². The number of nitrogens with zero attached hydrogens (tertiary/aromatic N) is 2. The lowest BCUT2D eigenvalue weighted by Gasteiger charge is -2.41. The molecule has 1 atom stereocenters. The highest BCUT2D eigenvalue weighted by atomic mass is 32.2. The molecule has 1 aliphatic heterocycles. The maximum atomic E-state index is 13.1. The molecule has 1 amide bonds. The summed E-state index contributed by atoms with van der Waals surface area (Å²) in [6.45, 7) is 2.83. The summed E-state index contributed by atoms with van der Waals surface area (Å²) < 4.78 is 31.8. The number of rotatable bonds is 5. The van der Waals surface area contributed by atoms with E-state index in [4.69, 9.17) is 10.5 Å². The van der Waals surface area contributed by atoms with E-state index in [0.717, 1.165) is 16.1 Å². The Morgan fingerprint density at radius 3 is 2.32 bits per heavy atom. The average molecular weight is 422 g/mol. The summed E-state index contributed by atoms with van der Waals surface area (Å²) in [6, 6.07) is 7.92. The molecular weight excluding hydrogens is 402 g/mol. The van der Waals surface area contributed by atoms with Gasteiger partial charge in [0.15, 0.2) is 0 Å². The second-order valence-electron chi connectivity index (χ2n) is 6.69. The highest BCUT2D eigenvalue weighted by Crippen LogP contribution is 2.39. The van der Waals surface area contributed by atoms with Gasteiger partial charge in [0.05, 0.1) is 11.4 Å². The number of thioether (sulfide) groups is 1. The predicted octanol–water partition coefficient (Wildman–Crippen LogP) is 1.77. The normalized spacial score (nSPS) is 19.9. The maximum Gasteiger partial charge on any atom is 0.244 e. The molecule has 0 spiro atoms. The number of hydrogen-bond donors (Lipinski definition) is 1. The van der Waals surface area contributed by atoms with Crippen LogP contribution in [0.5, 0.6) is 11.5 Å². The van der Waals surface area contributed by atoms with Crippen molar-refractivity contribution in [2.24, 2.45) is 5.73 Å². The number of carbonyl (C=O) groups excluding carboxylic acids is 2. The minimum Gasteiger partial charge on any atom is -0.457 e. The molecule has 2 aromatic rings. The first-order valence-electron chi connectivity index (χ1n) is 8.32. The minimum absolute atomic E-state index is 0.0590. The zero-order valence-corrected chi connectivity index (χ0v) is 16.9. The Labute approximate surface area is 167 Å². The van der Waals surface area contributed by atoms with Crippen LogP contribution in [-0.4, -0.2) is 46.1 Å². The molecule has 1 aliphatic rings. The Kier molecular flexibility index (Phi) is 5.46. The van der Waals surface area contributed by atoms with Gasteiger partial charge in [0.2, 0.25) is 21.0 Å². The number of carbonyl (C=O) groups is 2. The number of benzene rings is 1. The van der Waals surface area contributed by atoms with E-state index in [0.29, 0.717) is 11.5 Å². The van der Waals surface area contributed by atoms with E-state index >= 15 is 0 Å². The van der Waals surface area contributed by atoms with Crippen molar-refractivity contribution in [3.63, 3.8) is 0 Å². The van der Waals surface area contributed by atoms with Crippen LogP contribution in [0.2, 0.25) is 0 Å². The van der Waals surface area contributed by atoms with Crippen LogP contribution in [0.3, 0.4) is 0 Å². The van der Waals surface area contributed by atoms with Crippen molar-refractivity contribution in [2.45, 2.75) is 29.5 Å². The van der Waals surface area contributed by atoms with Gasteiger partial charge in [-0.05, 0) is 50.2 Å². The van der Waals surface area contributed by atoms with Crippen molar-refractivity contribution in [3.8, 4) is 11.5 Å². The van der Waals surface area contributed by atoms with Gasteiger partial charge in [-0.3, -0.25) is 14.6 Å². The van der Waals surface area contributed by atoms with Crippen LogP contribution < -0.4 is 10.5 Å². The van der Waals surface area contributed by atoms with E-state index in [-0.39, 0.29) is 10.0 Å². The first kappa shape index (κ1) is 20.3. The Bertz CT molecular complexity index is 992. The summed E-state index contributed by atoms with van der Waals surface area (Å²) in [5.41, 5.74) is 5.47. The third-order valence-electron chi connectivity index (χ3n) is 4.19. The molecule has 0 saturated carbocycles. The van der Waals surface area contributed by atoms with Crippen LogP contribution in [0.25, 0.3) is 0 Å². The summed E-state index contributed by atoms with van der Waals surface area (Å²) in [4.78, 5) is 27.9. The fraction of sp³-hybridized carbons (Fsp3) is 0.278. The predicted molar refractivity (Wildman–Crippen MR) is 104 cm³/mol. The second kappa shape index (κ2) is 7.53. The van der Waals surface area contributed by atoms with Crippen LogP contribution in [0, 0.1) is 0 Å². The molecule has 10 heteroatoms. The van der Waals surface area contributed by atoms with Gasteiger partial charge in [0, 0.05) is 17.1 Å². The number of nitrogens with two attached hydrogens (primary N) is 1. The molecule has 1 aromatic carbocycles. The van der Waals surface area contributed by atoms with Crippen molar-refractivity contribution < 1.29 is 22.7 Å². The zero-order chi connectivity index (χ0) is 20.5. The number of ether oxygens (including phenoxy) is 1. The van der Waals surface area contributed by atoms with E-state index in [2.05, 4.69) is 4.98 Å². The third-order valence-corrected chi connectivity index (χ3v) is 7.12. The summed E-state index contributed by atoms with van der Waals surface area (Å²) in [7, 11) is -4.12. The minimum atomic E-state index is -4.12. The molecule has 2 N–H and O–H groups in total. The van der Waals surface area contributed by atoms with Gasteiger partial charge in [0.1, 0.15) is 17.5 Å². The monoisotopic (exact) mass is 421 g/mol. The van der Waals surface area contributed by atoms with E-state index < -0.39 is 33.3 Å². The number of pyridine rings is 1. The summed E-state index contributed by atoms with van der Waals surface area (Å²) in [5, 5.41) is -0.344. The molecule has 28 heavy (non-hydrogen) atoms. The lowest BCUT2D eigenvalue weighted by atomic mass is 10.0. The highest BCUT2D eigenvalue weighted by Gasteiger charge is 2.50. The van der Waals surface area contributed by atoms with Crippen molar-refractivity contribution in [1.82, 2.24) is 9.29 Å². The van der Waals surface area contributed by atoms with Crippen LogP contribution in [0.15, 0.2) is 53.7 Å². The van der Waals surface area contributed by atoms with Gasteiger partial charge in [-0.1, -0.05) is 11.8 Å². The molecule has 0 radical (unpaired) electrons. The number of aromatic nitrogens is 1. The maximum absolute atomic E-state index is 13.1. The Morgan fingerprint density at radius 2 is 1.75 bits per heavy atom. The molecule has 0 unspecified atom stereocenters. The van der Waals surface area contributed by atoms with Gasteiger partial charge in [-0.25, -0.2) is 8.42 Å². The Hall–Kier alpha value is -2.43. The molecule has 1 saturated heterocycles. The standard InChI is InChI=1S/C18H19N3O5S2/c1-18(2)16(17(19)23)21(11-15(22)27-18)28(24,25)14-5-3-12(4-6-14)26-13-7-9-20-10-8-13/h3-10,16H,11H2,1-2H3,(H2,19,23)/t16-/m0/s1. The SMILES string of the molecule is CC1(C)SC(=O)CN(S(=O)(=O)c2ccc(Oc3ccncc3)cc2)[C@H]1C(N)=O. The molecular formula is C18H19N3O5S2. The topological polar surface area (TPSA) is 120 Å². The first-order chi connectivity index (χ1) is 13.1. The Morgan fingerprint density at radius 1 is 1.18 bits per heavy atom. The van der Waals surface area contributed by atoms with Crippen LogP contribution in [-0.2, 0) is 19.6 Å². The van der Waals surface area contributed by atoms with Crippen molar-refractivity contribution in [2.75, 3.05) is 6.54 Å². The summed E-state index contributed by atoms with van der Waals surface area (Å²) >= 11 is 0.928. The average Bonchev–Trinajstić information content (AvgIpc) is 2.61. The van der Waals surface area contributed by atoms with Crippen molar-refractivity contribution in [1.29, 1.82) is 0 Å². The molecule has 0 bridgehead atoms. The fourth-order valence-electron chi connectivity index (χ4n) is 3.01. The molecule has 1 fully saturated rings. The lowest BCUT2D eigenvalue weighted by Crippen LogP contribution is -2.61. The van der Waals surface area contributed by atoms with Crippen LogP contribution >= 0.6 is 11.8 Å². The number of hydrogen-bond acceptors (Lipinski definition) is 7. The third kappa shape index (κ3) is 4.03. The first-order valence-corrected chi connectivity index (χ1v) is 10.6. The summed E-state index contributed by atoms with van der Waals surface area (Å²) in [5.74, 6) is 0.188. The van der Waals surface area contributed by atoms with Crippen LogP contribution in [0.1, 0.15) is 13.8 Å². The molecule has 2 heterocycles. The molecule has 3 rings (SSSR count). The highest BCUT2D eigenvalue weighted by molar-refractivity contribution is 8.15. The van der Waals surface area contributed by atoms with Crippen molar-refractivity contribution >= 4 is 32.8 Å². The fourth-order valence-corrected chi connectivity index (χ4v) is 5.99. The molecule has 148 valence electrons. The van der Waals surface area contributed by atoms with Crippen molar-refractivity contribution in [3.05, 3.63) is 48.8 Å². The number of sulfonamides is 1. The molecule has 1 aromatic heterocycles. The van der Waals surface area contributed by atoms with Gasteiger partial charge in [0.25, 0.3) is 0 Å². The van der Waals surface area contributed by atoms with E-state index in [1.54, 1.807) is 38.4 Å². The largest absolute Gasteiger partial charge is 0.457 e. The zero-order valence-electron chi connectivity index (χ0n) is 15.2. The van der Waals surface area contributed by atoms with Gasteiger partial charge >= 0.3 is 0 Å². The van der Waals surface area contributed by atoms with E-state index in [1.165, 1.54) is 24.3 Å². The van der Waals surface area contributed by atoms with E-state index in [9.17, 15) is 18.0 Å².